The first-order chi connectivity index (χ1) is 14.8. The van der Waals surface area contributed by atoms with Crippen molar-refractivity contribution in [3.05, 3.63) is 50.0 Å². The zero-order chi connectivity index (χ0) is 22.2. The number of aryl methyl sites for hydroxylation is 1. The van der Waals surface area contributed by atoms with Gasteiger partial charge in [-0.1, -0.05) is 29.3 Å². The maximum absolute atomic E-state index is 13.6. The van der Waals surface area contributed by atoms with E-state index in [1.165, 1.54) is 11.7 Å². The molecule has 1 aromatic carbocycles. The first kappa shape index (κ1) is 22.1. The van der Waals surface area contributed by atoms with Gasteiger partial charge >= 0.3 is 5.97 Å². The van der Waals surface area contributed by atoms with E-state index in [-0.39, 0.29) is 22.4 Å². The van der Waals surface area contributed by atoms with Crippen LogP contribution in [-0.2, 0) is 20.7 Å². The minimum atomic E-state index is -0.495. The quantitative estimate of drug-likeness (QED) is 0.642. The first-order valence-corrected chi connectivity index (χ1v) is 11.1. The molecule has 0 aliphatic carbocycles. The van der Waals surface area contributed by atoms with Crippen LogP contribution in [0.2, 0.25) is 10.0 Å². The molecule has 0 amide bonds. The SMILES string of the molecule is COC(=O)Cc1c(N2CCC3(CCOC3)CC2)nc(C)n(-c2cccc(Cl)c2Cl)c1=O. The number of aromatic nitrogens is 2. The summed E-state index contributed by atoms with van der Waals surface area (Å²) in [6, 6.07) is 5.08. The minimum absolute atomic E-state index is 0.166. The third-order valence-corrected chi connectivity index (χ3v) is 7.16. The van der Waals surface area contributed by atoms with Crippen LogP contribution in [0.3, 0.4) is 0 Å². The zero-order valence-corrected chi connectivity index (χ0v) is 19.1. The lowest BCUT2D eigenvalue weighted by Gasteiger charge is -2.39. The van der Waals surface area contributed by atoms with Gasteiger partial charge in [0.05, 0.1) is 41.4 Å². The monoisotopic (exact) mass is 465 g/mol. The van der Waals surface area contributed by atoms with Crippen LogP contribution in [-0.4, -0.2) is 48.9 Å². The number of hydrogen-bond donors (Lipinski definition) is 0. The van der Waals surface area contributed by atoms with Gasteiger partial charge < -0.3 is 14.4 Å². The molecular formula is C22H25Cl2N3O4. The Kier molecular flexibility index (Phi) is 6.28. The molecule has 7 nitrogen and oxygen atoms in total. The molecule has 0 atom stereocenters. The Bertz CT molecular complexity index is 1050. The van der Waals surface area contributed by atoms with Crippen molar-refractivity contribution in [3.63, 3.8) is 0 Å². The van der Waals surface area contributed by atoms with Crippen molar-refractivity contribution in [1.29, 1.82) is 0 Å². The highest BCUT2D eigenvalue weighted by atomic mass is 35.5. The fourth-order valence-electron chi connectivity index (χ4n) is 4.47. The average Bonchev–Trinajstić information content (AvgIpc) is 3.21. The third-order valence-electron chi connectivity index (χ3n) is 6.35. The van der Waals surface area contributed by atoms with Gasteiger partial charge in [-0.05, 0) is 43.7 Å². The van der Waals surface area contributed by atoms with E-state index in [0.29, 0.717) is 27.9 Å². The van der Waals surface area contributed by atoms with Gasteiger partial charge in [0, 0.05) is 19.7 Å². The zero-order valence-electron chi connectivity index (χ0n) is 17.6. The van der Waals surface area contributed by atoms with E-state index in [1.807, 2.05) is 0 Å². The van der Waals surface area contributed by atoms with E-state index < -0.39 is 5.97 Å². The van der Waals surface area contributed by atoms with Crippen LogP contribution in [0, 0.1) is 12.3 Å². The Balaban J connectivity index is 1.78. The molecule has 3 heterocycles. The Morgan fingerprint density at radius 3 is 2.65 bits per heavy atom. The summed E-state index contributed by atoms with van der Waals surface area (Å²) in [7, 11) is 1.31. The molecule has 31 heavy (non-hydrogen) atoms. The molecule has 2 saturated heterocycles. The second kappa shape index (κ2) is 8.81. The second-order valence-electron chi connectivity index (χ2n) is 8.22. The molecule has 166 valence electrons. The van der Waals surface area contributed by atoms with Crippen LogP contribution in [0.4, 0.5) is 5.82 Å². The number of halogens is 2. The maximum Gasteiger partial charge on any atom is 0.310 e. The summed E-state index contributed by atoms with van der Waals surface area (Å²) in [5, 5.41) is 0.596. The van der Waals surface area contributed by atoms with Crippen LogP contribution >= 0.6 is 23.2 Å². The Labute approximate surface area is 190 Å². The van der Waals surface area contributed by atoms with E-state index in [0.717, 1.165) is 45.6 Å². The molecule has 9 heteroatoms. The average molecular weight is 466 g/mol. The second-order valence-corrected chi connectivity index (χ2v) is 9.00. The molecular weight excluding hydrogens is 441 g/mol. The number of anilines is 1. The molecule has 1 aromatic heterocycles. The summed E-state index contributed by atoms with van der Waals surface area (Å²) in [6.45, 7) is 4.86. The summed E-state index contributed by atoms with van der Waals surface area (Å²) in [5.41, 5.74) is 0.605. The molecule has 0 N–H and O–H groups in total. The molecule has 1 spiro atoms. The minimum Gasteiger partial charge on any atom is -0.469 e. The summed E-state index contributed by atoms with van der Waals surface area (Å²) < 4.78 is 11.9. The first-order valence-electron chi connectivity index (χ1n) is 10.3. The van der Waals surface area contributed by atoms with Gasteiger partial charge in [0.2, 0.25) is 0 Å². The number of piperidine rings is 1. The smallest absolute Gasteiger partial charge is 0.310 e. The molecule has 0 radical (unpaired) electrons. The summed E-state index contributed by atoms with van der Waals surface area (Å²) in [5.74, 6) is 0.517. The third kappa shape index (κ3) is 4.19. The highest BCUT2D eigenvalue weighted by molar-refractivity contribution is 6.43. The van der Waals surface area contributed by atoms with Crippen LogP contribution in [0.25, 0.3) is 5.69 Å². The van der Waals surface area contributed by atoms with Crippen molar-refractivity contribution < 1.29 is 14.3 Å². The van der Waals surface area contributed by atoms with Gasteiger partial charge in [-0.3, -0.25) is 14.2 Å². The van der Waals surface area contributed by atoms with Gasteiger partial charge in [0.25, 0.3) is 5.56 Å². The van der Waals surface area contributed by atoms with E-state index >= 15 is 0 Å². The van der Waals surface area contributed by atoms with Crippen molar-refractivity contribution in [3.8, 4) is 5.69 Å². The lowest BCUT2D eigenvalue weighted by atomic mass is 9.78. The van der Waals surface area contributed by atoms with Gasteiger partial charge in [-0.2, -0.15) is 0 Å². The van der Waals surface area contributed by atoms with Gasteiger partial charge in [0.1, 0.15) is 11.6 Å². The molecule has 2 aromatic rings. The van der Waals surface area contributed by atoms with Crippen LogP contribution < -0.4 is 10.5 Å². The number of rotatable bonds is 4. The standard InChI is InChI=1S/C22H25Cl2N3O4/c1-14-25-20(26-9-6-22(7-10-26)8-11-31-13-22)15(12-18(28)30-2)21(29)27(14)17-5-3-4-16(23)19(17)24/h3-5H,6-13H2,1-2H3. The fraction of sp³-hybridized carbons (Fsp3) is 0.500. The van der Waals surface area contributed by atoms with Crippen LogP contribution in [0.5, 0.6) is 0 Å². The summed E-state index contributed by atoms with van der Waals surface area (Å²) in [4.78, 5) is 32.6. The number of methoxy groups -OCH3 is 1. The number of benzene rings is 1. The Morgan fingerprint density at radius 1 is 1.26 bits per heavy atom. The van der Waals surface area contributed by atoms with E-state index in [4.69, 9.17) is 37.7 Å². The van der Waals surface area contributed by atoms with Crippen LogP contribution in [0.1, 0.15) is 30.7 Å². The fourth-order valence-corrected chi connectivity index (χ4v) is 4.85. The topological polar surface area (TPSA) is 73.7 Å². The number of carbonyl (C=O) groups is 1. The van der Waals surface area contributed by atoms with Gasteiger partial charge in [-0.15, -0.1) is 0 Å². The van der Waals surface area contributed by atoms with Crippen molar-refractivity contribution in [2.75, 3.05) is 38.3 Å². The molecule has 0 unspecified atom stereocenters. The highest BCUT2D eigenvalue weighted by Crippen LogP contribution is 2.40. The highest BCUT2D eigenvalue weighted by Gasteiger charge is 2.39. The number of esters is 1. The molecule has 4 rings (SSSR count). The molecule has 0 saturated carbocycles. The predicted octanol–water partition coefficient (Wildman–Crippen LogP) is 3.57. The number of carbonyl (C=O) groups excluding carboxylic acids is 1. The Morgan fingerprint density at radius 2 is 2.00 bits per heavy atom. The predicted molar refractivity (Wildman–Crippen MR) is 120 cm³/mol. The van der Waals surface area contributed by atoms with Crippen molar-refractivity contribution in [2.24, 2.45) is 5.41 Å². The van der Waals surface area contributed by atoms with E-state index in [1.54, 1.807) is 25.1 Å². The van der Waals surface area contributed by atoms with E-state index in [9.17, 15) is 9.59 Å². The van der Waals surface area contributed by atoms with Crippen molar-refractivity contribution >= 4 is 35.0 Å². The molecule has 2 fully saturated rings. The normalized spacial score (nSPS) is 17.9. The van der Waals surface area contributed by atoms with Crippen molar-refractivity contribution in [2.45, 2.75) is 32.6 Å². The van der Waals surface area contributed by atoms with Gasteiger partial charge in [-0.25, -0.2) is 4.98 Å². The largest absolute Gasteiger partial charge is 0.469 e. The number of ether oxygens (including phenoxy) is 2. The molecule has 2 aliphatic heterocycles. The maximum atomic E-state index is 13.6. The van der Waals surface area contributed by atoms with E-state index in [2.05, 4.69) is 4.90 Å². The number of nitrogens with zero attached hydrogens (tertiary/aromatic N) is 3. The Hall–Kier alpha value is -2.09. The lowest BCUT2D eigenvalue weighted by molar-refractivity contribution is -0.139. The summed E-state index contributed by atoms with van der Waals surface area (Å²) >= 11 is 12.5. The van der Waals surface area contributed by atoms with Crippen molar-refractivity contribution in [1.82, 2.24) is 9.55 Å². The lowest BCUT2D eigenvalue weighted by Crippen LogP contribution is -2.43. The molecule has 0 bridgehead atoms. The van der Waals surface area contributed by atoms with Crippen LogP contribution in [0.15, 0.2) is 23.0 Å². The van der Waals surface area contributed by atoms with Gasteiger partial charge in [0.15, 0.2) is 0 Å². The number of hydrogen-bond acceptors (Lipinski definition) is 6. The molecule has 2 aliphatic rings. The summed E-state index contributed by atoms with van der Waals surface area (Å²) in [6.07, 6.45) is 2.83.